The third kappa shape index (κ3) is 3.93. The summed E-state index contributed by atoms with van der Waals surface area (Å²) in [5, 5.41) is 3.35. The lowest BCUT2D eigenvalue weighted by atomic mass is 9.85. The number of hydrogen-bond acceptors (Lipinski definition) is 3. The maximum absolute atomic E-state index is 5.87. The van der Waals surface area contributed by atoms with Gasteiger partial charge in [-0.1, -0.05) is 20.8 Å². The molecule has 4 heteroatoms. The molecule has 1 atom stereocenters. The molecule has 1 aromatic heterocycles. The highest BCUT2D eigenvalue weighted by Crippen LogP contribution is 2.35. The Morgan fingerprint density at radius 1 is 1.42 bits per heavy atom. The van der Waals surface area contributed by atoms with E-state index in [-0.39, 0.29) is 0 Å². The highest BCUT2D eigenvalue weighted by atomic mass is 35.5. The molecule has 0 spiro atoms. The van der Waals surface area contributed by atoms with E-state index in [4.69, 9.17) is 11.6 Å². The van der Waals surface area contributed by atoms with Crippen molar-refractivity contribution in [1.82, 2.24) is 9.88 Å². The summed E-state index contributed by atoms with van der Waals surface area (Å²) in [7, 11) is 0. The fraction of sp³-hybridized carbons (Fsp3) is 0.800. The monoisotopic (exact) mass is 300 g/mol. The molecule has 1 aromatic rings. The topological polar surface area (TPSA) is 16.1 Å². The van der Waals surface area contributed by atoms with Gasteiger partial charge in [-0.25, -0.2) is 4.98 Å². The molecule has 108 valence electrons. The van der Waals surface area contributed by atoms with Crippen LogP contribution >= 0.6 is 22.9 Å². The summed E-state index contributed by atoms with van der Waals surface area (Å²) in [5.74, 6) is 0.528. The van der Waals surface area contributed by atoms with Crippen molar-refractivity contribution in [2.75, 3.05) is 13.1 Å². The van der Waals surface area contributed by atoms with Gasteiger partial charge in [-0.15, -0.1) is 22.9 Å². The Bertz CT molecular complexity index is 403. The molecule has 1 aliphatic rings. The molecule has 0 bridgehead atoms. The van der Waals surface area contributed by atoms with E-state index >= 15 is 0 Å². The number of rotatable bonds is 4. The third-order valence-electron chi connectivity index (χ3n) is 4.19. The molecule has 1 aliphatic heterocycles. The van der Waals surface area contributed by atoms with Gasteiger partial charge in [-0.3, -0.25) is 4.90 Å². The first-order chi connectivity index (χ1) is 9.05. The number of halogens is 1. The van der Waals surface area contributed by atoms with Crippen LogP contribution in [0, 0.1) is 5.41 Å². The number of thiazole rings is 1. The van der Waals surface area contributed by atoms with E-state index in [9.17, 15) is 0 Å². The van der Waals surface area contributed by atoms with E-state index < -0.39 is 0 Å². The van der Waals surface area contributed by atoms with Gasteiger partial charge in [0.05, 0.1) is 17.6 Å². The van der Waals surface area contributed by atoms with E-state index in [0.29, 0.717) is 17.3 Å². The molecule has 2 heterocycles. The fourth-order valence-electron chi connectivity index (χ4n) is 2.88. The van der Waals surface area contributed by atoms with E-state index in [1.165, 1.54) is 37.4 Å². The van der Waals surface area contributed by atoms with Gasteiger partial charge in [0.1, 0.15) is 5.01 Å². The van der Waals surface area contributed by atoms with Gasteiger partial charge in [0.2, 0.25) is 0 Å². The van der Waals surface area contributed by atoms with Gasteiger partial charge in [-0.2, -0.15) is 0 Å². The second-order valence-electron chi connectivity index (χ2n) is 6.29. The quantitative estimate of drug-likeness (QED) is 0.739. The van der Waals surface area contributed by atoms with E-state index in [1.807, 2.05) is 0 Å². The van der Waals surface area contributed by atoms with Gasteiger partial charge >= 0.3 is 0 Å². The Morgan fingerprint density at radius 2 is 2.21 bits per heavy atom. The van der Waals surface area contributed by atoms with Crippen LogP contribution in [0.15, 0.2) is 5.38 Å². The standard InChI is InChI=1S/C15H25ClN2S/c1-4-13(14-17-12(10-16)11-19-14)18-8-5-6-15(2,3)7-9-18/h11,13H,4-10H2,1-3H3. The normalized spacial score (nSPS) is 22.1. The van der Waals surface area contributed by atoms with Crippen molar-refractivity contribution < 1.29 is 0 Å². The summed E-state index contributed by atoms with van der Waals surface area (Å²) in [6.45, 7) is 9.46. The lowest BCUT2D eigenvalue weighted by Gasteiger charge is -2.29. The van der Waals surface area contributed by atoms with Crippen molar-refractivity contribution in [3.05, 3.63) is 16.1 Å². The minimum Gasteiger partial charge on any atom is -0.294 e. The molecule has 1 unspecified atom stereocenters. The van der Waals surface area contributed by atoms with E-state index in [1.54, 1.807) is 11.3 Å². The molecule has 19 heavy (non-hydrogen) atoms. The fourth-order valence-corrected chi connectivity index (χ4v) is 4.15. The smallest absolute Gasteiger partial charge is 0.110 e. The van der Waals surface area contributed by atoms with Crippen molar-refractivity contribution in [3.63, 3.8) is 0 Å². The summed E-state index contributed by atoms with van der Waals surface area (Å²) in [5.41, 5.74) is 1.52. The minimum absolute atomic E-state index is 0.482. The van der Waals surface area contributed by atoms with Crippen LogP contribution in [-0.4, -0.2) is 23.0 Å². The number of aromatic nitrogens is 1. The van der Waals surface area contributed by atoms with Gasteiger partial charge in [0, 0.05) is 5.38 Å². The lowest BCUT2D eigenvalue weighted by Crippen LogP contribution is -2.30. The van der Waals surface area contributed by atoms with Crippen molar-refractivity contribution in [2.24, 2.45) is 5.41 Å². The highest BCUT2D eigenvalue weighted by Gasteiger charge is 2.28. The summed E-state index contributed by atoms with van der Waals surface area (Å²) in [6.07, 6.45) is 5.06. The Morgan fingerprint density at radius 3 is 2.84 bits per heavy atom. The summed E-state index contributed by atoms with van der Waals surface area (Å²) < 4.78 is 0. The highest BCUT2D eigenvalue weighted by molar-refractivity contribution is 7.09. The Kier molecular flexibility index (Phi) is 5.27. The number of alkyl halides is 1. The van der Waals surface area contributed by atoms with Gasteiger partial charge in [-0.05, 0) is 44.2 Å². The zero-order chi connectivity index (χ0) is 13.9. The van der Waals surface area contributed by atoms with Crippen LogP contribution in [0.2, 0.25) is 0 Å². The van der Waals surface area contributed by atoms with Crippen LogP contribution in [0.1, 0.15) is 63.2 Å². The largest absolute Gasteiger partial charge is 0.294 e. The SMILES string of the molecule is CCC(c1nc(CCl)cs1)N1CCCC(C)(C)CC1. The molecule has 1 fully saturated rings. The van der Waals surface area contributed by atoms with Crippen LogP contribution < -0.4 is 0 Å². The predicted octanol–water partition coefficient (Wildman–Crippen LogP) is 4.85. The average molecular weight is 301 g/mol. The number of nitrogens with zero attached hydrogens (tertiary/aromatic N) is 2. The van der Waals surface area contributed by atoms with Crippen LogP contribution in [0.3, 0.4) is 0 Å². The molecular weight excluding hydrogens is 276 g/mol. The Hall–Kier alpha value is -0.120. The maximum Gasteiger partial charge on any atom is 0.110 e. The summed E-state index contributed by atoms with van der Waals surface area (Å²) in [6, 6.07) is 0.482. The molecular formula is C15H25ClN2S. The predicted molar refractivity (Wildman–Crippen MR) is 83.9 cm³/mol. The number of hydrogen-bond donors (Lipinski definition) is 0. The van der Waals surface area contributed by atoms with Crippen molar-refractivity contribution in [2.45, 2.75) is 58.4 Å². The molecule has 0 aromatic carbocycles. The van der Waals surface area contributed by atoms with Crippen molar-refractivity contribution in [3.8, 4) is 0 Å². The first-order valence-corrected chi connectivity index (χ1v) is 8.71. The molecule has 0 aliphatic carbocycles. The van der Waals surface area contributed by atoms with Gasteiger partial charge < -0.3 is 0 Å². The summed E-state index contributed by atoms with van der Waals surface area (Å²) >= 11 is 7.64. The molecule has 0 amide bonds. The Labute approximate surface area is 126 Å². The molecule has 2 nitrogen and oxygen atoms in total. The van der Waals surface area contributed by atoms with Crippen molar-refractivity contribution >= 4 is 22.9 Å². The van der Waals surface area contributed by atoms with Gasteiger partial charge in [0.15, 0.2) is 0 Å². The number of likely N-dealkylation sites (tertiary alicyclic amines) is 1. The average Bonchev–Trinajstić information content (AvgIpc) is 2.77. The zero-order valence-electron chi connectivity index (χ0n) is 12.3. The van der Waals surface area contributed by atoms with Crippen LogP contribution in [0.25, 0.3) is 0 Å². The molecule has 0 saturated carbocycles. The lowest BCUT2D eigenvalue weighted by molar-refractivity contribution is 0.190. The van der Waals surface area contributed by atoms with Crippen LogP contribution in [-0.2, 0) is 5.88 Å². The second-order valence-corrected chi connectivity index (χ2v) is 7.45. The zero-order valence-corrected chi connectivity index (χ0v) is 13.9. The third-order valence-corrected chi connectivity index (χ3v) is 5.46. The molecule has 0 N–H and O–H groups in total. The van der Waals surface area contributed by atoms with E-state index in [0.717, 1.165) is 12.1 Å². The van der Waals surface area contributed by atoms with Crippen LogP contribution in [0.5, 0.6) is 0 Å². The first-order valence-electron chi connectivity index (χ1n) is 7.30. The molecule has 1 saturated heterocycles. The van der Waals surface area contributed by atoms with E-state index in [2.05, 4.69) is 36.0 Å². The molecule has 2 rings (SSSR count). The second kappa shape index (κ2) is 6.55. The minimum atomic E-state index is 0.482. The van der Waals surface area contributed by atoms with Crippen molar-refractivity contribution in [1.29, 1.82) is 0 Å². The molecule has 0 radical (unpaired) electrons. The Balaban J connectivity index is 2.08. The summed E-state index contributed by atoms with van der Waals surface area (Å²) in [4.78, 5) is 7.32. The van der Waals surface area contributed by atoms with Gasteiger partial charge in [0.25, 0.3) is 0 Å². The van der Waals surface area contributed by atoms with Crippen LogP contribution in [0.4, 0.5) is 0 Å². The first kappa shape index (κ1) is 15.3. The maximum atomic E-state index is 5.87.